The average Bonchev–Trinajstić information content (AvgIpc) is 2.98. The summed E-state index contributed by atoms with van der Waals surface area (Å²) in [5.74, 6) is -0.801. The van der Waals surface area contributed by atoms with Crippen LogP contribution in [-0.4, -0.2) is 44.3 Å². The smallest absolute Gasteiger partial charge is 0.264 e. The lowest BCUT2D eigenvalue weighted by atomic mass is 10.0. The summed E-state index contributed by atoms with van der Waals surface area (Å²) in [4.78, 5) is 29.4. The zero-order valence-electron chi connectivity index (χ0n) is 23.6. The van der Waals surface area contributed by atoms with Crippen molar-refractivity contribution in [3.63, 3.8) is 0 Å². The molecule has 0 aromatic heterocycles. The summed E-state index contributed by atoms with van der Waals surface area (Å²) < 4.78 is 29.7. The molecule has 0 fully saturated rings. The molecule has 0 unspecified atom stereocenters. The first-order chi connectivity index (χ1) is 20.2. The molecule has 0 radical (unpaired) electrons. The number of hydrogen-bond donors (Lipinski definition) is 1. The molecule has 7 nitrogen and oxygen atoms in total. The number of carbonyl (C=O) groups excluding carboxylic acids is 2. The molecule has 0 saturated carbocycles. The number of nitrogens with zero attached hydrogens (tertiary/aromatic N) is 2. The Morgan fingerprint density at radius 2 is 1.48 bits per heavy atom. The molecule has 4 aromatic carbocycles. The number of nitrogens with one attached hydrogen (secondary N) is 1. The van der Waals surface area contributed by atoms with E-state index >= 15 is 0 Å². The van der Waals surface area contributed by atoms with Gasteiger partial charge in [0.15, 0.2) is 0 Å². The molecule has 9 heteroatoms. The van der Waals surface area contributed by atoms with E-state index in [9.17, 15) is 18.0 Å². The first-order valence-corrected chi connectivity index (χ1v) is 15.9. The fourth-order valence-corrected chi connectivity index (χ4v) is 6.55. The quantitative estimate of drug-likeness (QED) is 0.213. The highest BCUT2D eigenvalue weighted by Crippen LogP contribution is 2.27. The number of likely N-dealkylation sites (N-methyl/N-ethyl adjacent to an activating group) is 1. The minimum Gasteiger partial charge on any atom is -0.355 e. The van der Waals surface area contributed by atoms with Crippen LogP contribution >= 0.6 is 15.9 Å². The Morgan fingerprint density at radius 3 is 2.12 bits per heavy atom. The van der Waals surface area contributed by atoms with E-state index in [2.05, 4.69) is 21.2 Å². The Labute approximate surface area is 256 Å². The minimum absolute atomic E-state index is 0.0626. The maximum absolute atomic E-state index is 14.3. The van der Waals surface area contributed by atoms with Crippen LogP contribution in [0.4, 0.5) is 5.69 Å². The summed E-state index contributed by atoms with van der Waals surface area (Å²) in [7, 11) is -4.13. The van der Waals surface area contributed by atoms with Crippen LogP contribution < -0.4 is 9.62 Å². The van der Waals surface area contributed by atoms with Gasteiger partial charge in [-0.2, -0.15) is 0 Å². The summed E-state index contributed by atoms with van der Waals surface area (Å²) in [5.41, 5.74) is 3.07. The van der Waals surface area contributed by atoms with Crippen molar-refractivity contribution in [1.29, 1.82) is 0 Å². The van der Waals surface area contributed by atoms with E-state index in [1.807, 2.05) is 68.4 Å². The van der Waals surface area contributed by atoms with Crippen molar-refractivity contribution in [2.45, 2.75) is 37.8 Å². The number of hydrogen-bond acceptors (Lipinski definition) is 4. The highest BCUT2D eigenvalue weighted by atomic mass is 79.9. The predicted octanol–water partition coefficient (Wildman–Crippen LogP) is 5.73. The lowest BCUT2D eigenvalue weighted by molar-refractivity contribution is -0.140. The van der Waals surface area contributed by atoms with Crippen molar-refractivity contribution >= 4 is 43.5 Å². The molecule has 42 heavy (non-hydrogen) atoms. The molecule has 1 N–H and O–H groups in total. The second kappa shape index (κ2) is 14.3. The highest BCUT2D eigenvalue weighted by Gasteiger charge is 2.34. The number of sulfonamides is 1. The molecule has 0 aliphatic heterocycles. The number of benzene rings is 4. The highest BCUT2D eigenvalue weighted by molar-refractivity contribution is 9.10. The van der Waals surface area contributed by atoms with Crippen LogP contribution in [0, 0.1) is 6.92 Å². The number of aryl methyl sites for hydroxylation is 1. The molecule has 0 heterocycles. The van der Waals surface area contributed by atoms with Crippen molar-refractivity contribution in [3.8, 4) is 0 Å². The first kappa shape index (κ1) is 31.0. The Kier molecular flexibility index (Phi) is 10.5. The van der Waals surface area contributed by atoms with Gasteiger partial charge in [-0.25, -0.2) is 8.42 Å². The van der Waals surface area contributed by atoms with E-state index in [1.54, 1.807) is 42.5 Å². The summed E-state index contributed by atoms with van der Waals surface area (Å²) in [6.07, 6.45) is 0.270. The van der Waals surface area contributed by atoms with Crippen LogP contribution in [0.2, 0.25) is 0 Å². The van der Waals surface area contributed by atoms with Gasteiger partial charge in [-0.15, -0.1) is 0 Å². The number of carbonyl (C=O) groups is 2. The Bertz CT molecular complexity index is 1610. The fourth-order valence-electron chi connectivity index (χ4n) is 4.73. The summed E-state index contributed by atoms with van der Waals surface area (Å²) >= 11 is 3.43. The normalized spacial score (nSPS) is 11.9. The monoisotopic (exact) mass is 647 g/mol. The molecule has 218 valence electrons. The van der Waals surface area contributed by atoms with Gasteiger partial charge >= 0.3 is 0 Å². The van der Waals surface area contributed by atoms with Crippen molar-refractivity contribution in [3.05, 3.63) is 130 Å². The zero-order chi connectivity index (χ0) is 30.1. The second-order valence-electron chi connectivity index (χ2n) is 9.92. The molecule has 4 rings (SSSR count). The Hall–Kier alpha value is -3.95. The third-order valence-electron chi connectivity index (χ3n) is 6.76. The summed E-state index contributed by atoms with van der Waals surface area (Å²) in [6.45, 7) is 3.81. The Morgan fingerprint density at radius 1 is 0.833 bits per heavy atom. The summed E-state index contributed by atoms with van der Waals surface area (Å²) in [6, 6.07) is 31.2. The largest absolute Gasteiger partial charge is 0.355 e. The predicted molar refractivity (Wildman–Crippen MR) is 169 cm³/mol. The van der Waals surface area contributed by atoms with Gasteiger partial charge in [0.25, 0.3) is 10.0 Å². The van der Waals surface area contributed by atoms with Gasteiger partial charge in [-0.3, -0.25) is 13.9 Å². The standard InChI is InChI=1S/C33H34BrN3O4S/c1-3-35-33(39)31(21-26-13-6-4-7-14-26)36(23-27-15-10-12-25(2)20-27)32(38)24-37(29-17-11-16-28(34)22-29)42(40,41)30-18-8-5-9-19-30/h4-20,22,31H,3,21,23-24H2,1-2H3,(H,35,39)/t31-/m1/s1. The van der Waals surface area contributed by atoms with Crippen molar-refractivity contribution in [1.82, 2.24) is 10.2 Å². The topological polar surface area (TPSA) is 86.8 Å². The van der Waals surface area contributed by atoms with Gasteiger partial charge < -0.3 is 10.2 Å². The van der Waals surface area contributed by atoms with Gasteiger partial charge in [-0.1, -0.05) is 100 Å². The molecule has 2 amide bonds. The first-order valence-electron chi connectivity index (χ1n) is 13.7. The third-order valence-corrected chi connectivity index (χ3v) is 9.05. The van der Waals surface area contributed by atoms with E-state index in [4.69, 9.17) is 0 Å². The number of halogens is 1. The van der Waals surface area contributed by atoms with Gasteiger partial charge in [0, 0.05) is 24.0 Å². The number of rotatable bonds is 12. The summed E-state index contributed by atoms with van der Waals surface area (Å²) in [5, 5.41) is 2.88. The van der Waals surface area contributed by atoms with Crippen LogP contribution in [0.25, 0.3) is 0 Å². The lowest BCUT2D eigenvalue weighted by Crippen LogP contribution is -2.53. The van der Waals surface area contributed by atoms with Crippen molar-refractivity contribution in [2.24, 2.45) is 0 Å². The van der Waals surface area contributed by atoms with E-state index in [-0.39, 0.29) is 23.8 Å². The molecule has 0 aliphatic carbocycles. The van der Waals surface area contributed by atoms with Crippen molar-refractivity contribution in [2.75, 3.05) is 17.4 Å². The molecule has 0 spiro atoms. The van der Waals surface area contributed by atoms with Gasteiger partial charge in [-0.05, 0) is 55.3 Å². The van der Waals surface area contributed by atoms with E-state index < -0.39 is 28.5 Å². The molecule has 0 aliphatic rings. The van der Waals surface area contributed by atoms with E-state index in [0.29, 0.717) is 16.7 Å². The van der Waals surface area contributed by atoms with Gasteiger partial charge in [0.05, 0.1) is 10.6 Å². The molecular formula is C33H34BrN3O4S. The van der Waals surface area contributed by atoms with Crippen LogP contribution in [-0.2, 0) is 32.6 Å². The van der Waals surface area contributed by atoms with Crippen molar-refractivity contribution < 1.29 is 18.0 Å². The van der Waals surface area contributed by atoms with Crippen LogP contribution in [0.1, 0.15) is 23.6 Å². The number of anilines is 1. The maximum atomic E-state index is 14.3. The fraction of sp³-hybridized carbons (Fsp3) is 0.212. The molecule has 4 aromatic rings. The average molecular weight is 649 g/mol. The SMILES string of the molecule is CCNC(=O)[C@@H](Cc1ccccc1)N(Cc1cccc(C)c1)C(=O)CN(c1cccc(Br)c1)S(=O)(=O)c1ccccc1. The third kappa shape index (κ3) is 7.86. The van der Waals surface area contributed by atoms with Crippen LogP contribution in [0.5, 0.6) is 0 Å². The lowest BCUT2D eigenvalue weighted by Gasteiger charge is -2.34. The molecule has 0 saturated heterocycles. The molecule has 1 atom stereocenters. The van der Waals surface area contributed by atoms with Gasteiger partial charge in [0.1, 0.15) is 12.6 Å². The maximum Gasteiger partial charge on any atom is 0.264 e. The second-order valence-corrected chi connectivity index (χ2v) is 12.7. The van der Waals surface area contributed by atoms with Crippen LogP contribution in [0.15, 0.2) is 119 Å². The number of amides is 2. The Balaban J connectivity index is 1.79. The van der Waals surface area contributed by atoms with Gasteiger partial charge in [0.2, 0.25) is 11.8 Å². The van der Waals surface area contributed by atoms with E-state index in [1.165, 1.54) is 17.0 Å². The van der Waals surface area contributed by atoms with Crippen LogP contribution in [0.3, 0.4) is 0 Å². The zero-order valence-corrected chi connectivity index (χ0v) is 26.0. The van der Waals surface area contributed by atoms with E-state index in [0.717, 1.165) is 21.0 Å². The minimum atomic E-state index is -4.13. The molecular weight excluding hydrogens is 614 g/mol. The molecule has 0 bridgehead atoms.